The van der Waals surface area contributed by atoms with Crippen molar-refractivity contribution in [2.75, 3.05) is 5.32 Å². The molecule has 2 rings (SSSR count). The molecule has 0 saturated carbocycles. The van der Waals surface area contributed by atoms with Crippen LogP contribution in [0.1, 0.15) is 49.8 Å². The summed E-state index contributed by atoms with van der Waals surface area (Å²) < 4.78 is 5.13. The second-order valence-corrected chi connectivity index (χ2v) is 6.06. The van der Waals surface area contributed by atoms with E-state index in [-0.39, 0.29) is 11.4 Å². The Kier molecular flexibility index (Phi) is 4.80. The zero-order valence-electron chi connectivity index (χ0n) is 13.4. The van der Waals surface area contributed by atoms with E-state index in [4.69, 9.17) is 4.52 Å². The number of para-hydroxylation sites is 1. The Morgan fingerprint density at radius 3 is 2.64 bits per heavy atom. The number of aryl methyl sites for hydroxylation is 1. The van der Waals surface area contributed by atoms with Crippen LogP contribution >= 0.6 is 0 Å². The van der Waals surface area contributed by atoms with Crippen molar-refractivity contribution in [3.63, 3.8) is 0 Å². The number of anilines is 1. The van der Waals surface area contributed by atoms with Crippen LogP contribution in [0.3, 0.4) is 0 Å². The average Bonchev–Trinajstić information content (AvgIpc) is 2.91. The molecule has 1 amide bonds. The van der Waals surface area contributed by atoms with Gasteiger partial charge in [-0.25, -0.2) is 0 Å². The molecule has 118 valence electrons. The lowest BCUT2D eigenvalue weighted by Gasteiger charge is -2.21. The third-order valence-electron chi connectivity index (χ3n) is 2.92. The first kappa shape index (κ1) is 16.0. The van der Waals surface area contributed by atoms with Gasteiger partial charge in [0.15, 0.2) is 5.82 Å². The van der Waals surface area contributed by atoms with Crippen LogP contribution in [0.4, 0.5) is 5.69 Å². The van der Waals surface area contributed by atoms with Gasteiger partial charge in [-0.05, 0) is 32.9 Å². The molecule has 2 aromatic rings. The molecular formula is C16H22N4O2. The highest BCUT2D eigenvalue weighted by atomic mass is 16.5. The molecule has 0 aliphatic rings. The van der Waals surface area contributed by atoms with Gasteiger partial charge in [0.05, 0.1) is 12.1 Å². The van der Waals surface area contributed by atoms with Crippen molar-refractivity contribution in [1.29, 1.82) is 0 Å². The molecule has 0 aliphatic carbocycles. The van der Waals surface area contributed by atoms with E-state index < -0.39 is 0 Å². The number of nitrogens with one attached hydrogen (secondary N) is 2. The molecule has 0 aliphatic heterocycles. The number of benzene rings is 1. The maximum atomic E-state index is 12.3. The summed E-state index contributed by atoms with van der Waals surface area (Å²) in [5.74, 6) is 1.06. The summed E-state index contributed by atoms with van der Waals surface area (Å²) in [5.41, 5.74) is 1.04. The van der Waals surface area contributed by atoms with Crippen molar-refractivity contribution in [2.24, 2.45) is 0 Å². The van der Waals surface area contributed by atoms with Gasteiger partial charge >= 0.3 is 0 Å². The smallest absolute Gasteiger partial charge is 0.253 e. The predicted octanol–water partition coefficient (Wildman–Crippen LogP) is 2.77. The highest BCUT2D eigenvalue weighted by Crippen LogP contribution is 2.17. The average molecular weight is 302 g/mol. The summed E-state index contributed by atoms with van der Waals surface area (Å²) in [4.78, 5) is 16.6. The monoisotopic (exact) mass is 302 g/mol. The molecule has 1 aromatic heterocycles. The van der Waals surface area contributed by atoms with Crippen LogP contribution < -0.4 is 10.6 Å². The maximum absolute atomic E-state index is 12.3. The first-order valence-electron chi connectivity index (χ1n) is 7.36. The van der Waals surface area contributed by atoms with Crippen LogP contribution in [-0.4, -0.2) is 21.6 Å². The Bertz CT molecular complexity index is 644. The first-order valence-corrected chi connectivity index (χ1v) is 7.36. The van der Waals surface area contributed by atoms with Gasteiger partial charge in [0.1, 0.15) is 0 Å². The Labute approximate surface area is 130 Å². The SMILES string of the molecule is CCc1noc(CNc2ccccc2C(=O)NC(C)(C)C)n1. The van der Waals surface area contributed by atoms with E-state index in [0.717, 1.165) is 12.1 Å². The van der Waals surface area contributed by atoms with Crippen molar-refractivity contribution < 1.29 is 9.32 Å². The van der Waals surface area contributed by atoms with Crippen molar-refractivity contribution in [2.45, 2.75) is 46.2 Å². The van der Waals surface area contributed by atoms with Crippen LogP contribution in [0.5, 0.6) is 0 Å². The predicted molar refractivity (Wildman–Crippen MR) is 84.7 cm³/mol. The summed E-state index contributed by atoms with van der Waals surface area (Å²) in [6.07, 6.45) is 0.730. The van der Waals surface area contributed by atoms with E-state index >= 15 is 0 Å². The first-order chi connectivity index (χ1) is 10.4. The fourth-order valence-electron chi connectivity index (χ4n) is 1.92. The fraction of sp³-hybridized carbons (Fsp3) is 0.438. The van der Waals surface area contributed by atoms with Gasteiger partial charge in [-0.15, -0.1) is 0 Å². The molecule has 0 bridgehead atoms. The van der Waals surface area contributed by atoms with Gasteiger partial charge < -0.3 is 15.2 Å². The summed E-state index contributed by atoms with van der Waals surface area (Å²) in [6.45, 7) is 8.20. The third-order valence-corrected chi connectivity index (χ3v) is 2.92. The normalized spacial score (nSPS) is 11.3. The number of nitrogens with zero attached hydrogens (tertiary/aromatic N) is 2. The van der Waals surface area contributed by atoms with Crippen LogP contribution in [0.25, 0.3) is 0 Å². The van der Waals surface area contributed by atoms with E-state index in [1.807, 2.05) is 45.9 Å². The van der Waals surface area contributed by atoms with Gasteiger partial charge in [-0.1, -0.05) is 24.2 Å². The lowest BCUT2D eigenvalue weighted by atomic mass is 10.1. The van der Waals surface area contributed by atoms with Crippen molar-refractivity contribution in [3.05, 3.63) is 41.5 Å². The Morgan fingerprint density at radius 1 is 1.27 bits per heavy atom. The minimum Gasteiger partial charge on any atom is -0.375 e. The number of hydrogen-bond donors (Lipinski definition) is 2. The van der Waals surface area contributed by atoms with E-state index in [9.17, 15) is 4.79 Å². The van der Waals surface area contributed by atoms with Gasteiger partial charge in [0.25, 0.3) is 5.91 Å². The molecule has 6 nitrogen and oxygen atoms in total. The van der Waals surface area contributed by atoms with Gasteiger partial charge in [0, 0.05) is 17.6 Å². The van der Waals surface area contributed by atoms with Crippen LogP contribution in [0.2, 0.25) is 0 Å². The highest BCUT2D eigenvalue weighted by Gasteiger charge is 2.17. The van der Waals surface area contributed by atoms with E-state index in [2.05, 4.69) is 20.8 Å². The molecule has 2 N–H and O–H groups in total. The highest BCUT2D eigenvalue weighted by molar-refractivity contribution is 5.99. The summed E-state index contributed by atoms with van der Waals surface area (Å²) in [7, 11) is 0. The molecule has 0 unspecified atom stereocenters. The van der Waals surface area contributed by atoms with Crippen molar-refractivity contribution in [1.82, 2.24) is 15.5 Å². The van der Waals surface area contributed by atoms with Crippen molar-refractivity contribution >= 4 is 11.6 Å². The largest absolute Gasteiger partial charge is 0.375 e. The molecule has 0 radical (unpaired) electrons. The van der Waals surface area contributed by atoms with Gasteiger partial charge in [-0.2, -0.15) is 4.98 Å². The molecule has 0 saturated heterocycles. The van der Waals surface area contributed by atoms with Crippen molar-refractivity contribution in [3.8, 4) is 0 Å². The molecule has 1 aromatic carbocycles. The number of hydrogen-bond acceptors (Lipinski definition) is 5. The summed E-state index contributed by atoms with van der Waals surface area (Å²) in [5, 5.41) is 9.98. The lowest BCUT2D eigenvalue weighted by Crippen LogP contribution is -2.40. The molecule has 0 atom stereocenters. The third kappa shape index (κ3) is 4.31. The standard InChI is InChI=1S/C16H22N4O2/c1-5-13-18-14(22-20-13)10-17-12-9-7-6-8-11(12)15(21)19-16(2,3)4/h6-9,17H,5,10H2,1-4H3,(H,19,21). The summed E-state index contributed by atoms with van der Waals surface area (Å²) in [6, 6.07) is 7.36. The van der Waals surface area contributed by atoms with Crippen LogP contribution in [0, 0.1) is 0 Å². The Hall–Kier alpha value is -2.37. The van der Waals surface area contributed by atoms with Crippen LogP contribution in [0.15, 0.2) is 28.8 Å². The summed E-state index contributed by atoms with van der Waals surface area (Å²) >= 11 is 0. The Morgan fingerprint density at radius 2 is 2.00 bits per heavy atom. The number of rotatable bonds is 5. The molecular weight excluding hydrogens is 280 g/mol. The molecule has 0 fully saturated rings. The number of amides is 1. The Balaban J connectivity index is 2.09. The lowest BCUT2D eigenvalue weighted by molar-refractivity contribution is 0.0920. The van der Waals surface area contributed by atoms with Crippen LogP contribution in [-0.2, 0) is 13.0 Å². The maximum Gasteiger partial charge on any atom is 0.253 e. The molecule has 6 heteroatoms. The number of carbonyl (C=O) groups is 1. The number of carbonyl (C=O) groups excluding carboxylic acids is 1. The fourth-order valence-corrected chi connectivity index (χ4v) is 1.92. The van der Waals surface area contributed by atoms with Gasteiger partial charge in [0.2, 0.25) is 5.89 Å². The number of aromatic nitrogens is 2. The molecule has 22 heavy (non-hydrogen) atoms. The van der Waals surface area contributed by atoms with E-state index in [1.165, 1.54) is 0 Å². The second-order valence-electron chi connectivity index (χ2n) is 6.06. The topological polar surface area (TPSA) is 80.0 Å². The molecule has 1 heterocycles. The zero-order chi connectivity index (χ0) is 16.2. The minimum atomic E-state index is -0.285. The minimum absolute atomic E-state index is 0.115. The van der Waals surface area contributed by atoms with E-state index in [1.54, 1.807) is 6.07 Å². The van der Waals surface area contributed by atoms with E-state index in [0.29, 0.717) is 23.8 Å². The quantitative estimate of drug-likeness (QED) is 0.887. The second kappa shape index (κ2) is 6.60. The zero-order valence-corrected chi connectivity index (χ0v) is 13.4. The van der Waals surface area contributed by atoms with Gasteiger partial charge in [-0.3, -0.25) is 4.79 Å². The molecule has 0 spiro atoms.